The van der Waals surface area contributed by atoms with Gasteiger partial charge in [0.1, 0.15) is 0 Å². The number of rotatable bonds is 2. The smallest absolute Gasteiger partial charge is 0.0855 e. The summed E-state index contributed by atoms with van der Waals surface area (Å²) in [6.07, 6.45) is 9.30. The number of hydrogen-bond acceptors (Lipinski definition) is 3. The zero-order valence-corrected chi connectivity index (χ0v) is 10.6. The van der Waals surface area contributed by atoms with E-state index < -0.39 is 5.60 Å². The van der Waals surface area contributed by atoms with E-state index in [1.54, 1.807) is 4.68 Å². The highest BCUT2D eigenvalue weighted by Gasteiger charge is 2.36. The molecule has 0 saturated heterocycles. The van der Waals surface area contributed by atoms with E-state index in [0.29, 0.717) is 0 Å². The largest absolute Gasteiger partial charge is 0.388 e. The molecule has 1 heterocycles. The van der Waals surface area contributed by atoms with Crippen LogP contribution in [-0.4, -0.2) is 20.5 Å². The summed E-state index contributed by atoms with van der Waals surface area (Å²) < 4.78 is 1.74. The summed E-state index contributed by atoms with van der Waals surface area (Å²) in [5.74, 6) is 0. The minimum absolute atomic E-state index is 0.359. The van der Waals surface area contributed by atoms with Gasteiger partial charge in [0, 0.05) is 13.2 Å². The molecule has 2 rings (SSSR count). The Labute approximate surface area is 103 Å². The predicted octanol–water partition coefficient (Wildman–Crippen LogP) is 1.90. The van der Waals surface area contributed by atoms with E-state index in [1.165, 1.54) is 19.3 Å². The van der Waals surface area contributed by atoms with E-state index in [2.05, 4.69) is 5.10 Å². The first-order valence-corrected chi connectivity index (χ1v) is 6.59. The van der Waals surface area contributed by atoms with E-state index in [1.807, 2.05) is 19.3 Å². The normalized spacial score (nSPS) is 22.8. The van der Waals surface area contributed by atoms with E-state index in [0.717, 1.165) is 31.4 Å². The molecular formula is C13H23N3O. The van der Waals surface area contributed by atoms with Crippen LogP contribution in [0.4, 0.5) is 0 Å². The van der Waals surface area contributed by atoms with Crippen molar-refractivity contribution in [2.75, 3.05) is 0 Å². The zero-order valence-electron chi connectivity index (χ0n) is 10.6. The Morgan fingerprint density at radius 3 is 2.41 bits per heavy atom. The van der Waals surface area contributed by atoms with Crippen molar-refractivity contribution >= 4 is 0 Å². The van der Waals surface area contributed by atoms with E-state index in [-0.39, 0.29) is 6.04 Å². The topological polar surface area (TPSA) is 64.1 Å². The second-order valence-corrected chi connectivity index (χ2v) is 5.26. The van der Waals surface area contributed by atoms with Crippen molar-refractivity contribution in [3.63, 3.8) is 0 Å². The van der Waals surface area contributed by atoms with Crippen molar-refractivity contribution in [2.24, 2.45) is 12.8 Å². The fourth-order valence-corrected chi connectivity index (χ4v) is 2.70. The molecule has 1 aliphatic carbocycles. The third-order valence-electron chi connectivity index (χ3n) is 3.85. The van der Waals surface area contributed by atoms with E-state index >= 15 is 0 Å². The van der Waals surface area contributed by atoms with Crippen molar-refractivity contribution in [3.05, 3.63) is 18.0 Å². The molecule has 1 aliphatic rings. The van der Waals surface area contributed by atoms with Crippen LogP contribution in [0.5, 0.6) is 0 Å². The summed E-state index contributed by atoms with van der Waals surface area (Å²) >= 11 is 0. The van der Waals surface area contributed by atoms with Gasteiger partial charge in [0.15, 0.2) is 0 Å². The summed E-state index contributed by atoms with van der Waals surface area (Å²) in [6.45, 7) is 0. The van der Waals surface area contributed by atoms with Crippen LogP contribution in [-0.2, 0) is 7.05 Å². The van der Waals surface area contributed by atoms with Gasteiger partial charge in [-0.15, -0.1) is 0 Å². The molecule has 4 nitrogen and oxygen atoms in total. The molecule has 3 N–H and O–H groups in total. The highest BCUT2D eigenvalue weighted by Crippen LogP contribution is 2.34. The van der Waals surface area contributed by atoms with Crippen molar-refractivity contribution in [1.82, 2.24) is 9.78 Å². The summed E-state index contributed by atoms with van der Waals surface area (Å²) in [7, 11) is 1.87. The van der Waals surface area contributed by atoms with Gasteiger partial charge in [-0.05, 0) is 18.9 Å². The van der Waals surface area contributed by atoms with Crippen LogP contribution >= 0.6 is 0 Å². The lowest BCUT2D eigenvalue weighted by Crippen LogP contribution is -2.42. The van der Waals surface area contributed by atoms with Crippen molar-refractivity contribution < 1.29 is 5.11 Å². The molecule has 17 heavy (non-hydrogen) atoms. The predicted molar refractivity (Wildman–Crippen MR) is 67.4 cm³/mol. The van der Waals surface area contributed by atoms with Crippen LogP contribution in [0.2, 0.25) is 0 Å². The summed E-state index contributed by atoms with van der Waals surface area (Å²) in [5, 5.41) is 15.0. The van der Waals surface area contributed by atoms with Crippen LogP contribution in [0.25, 0.3) is 0 Å². The van der Waals surface area contributed by atoms with E-state index in [9.17, 15) is 5.11 Å². The molecule has 0 amide bonds. The molecule has 0 radical (unpaired) electrons. The van der Waals surface area contributed by atoms with Gasteiger partial charge in [-0.25, -0.2) is 0 Å². The molecule has 1 unspecified atom stereocenters. The lowest BCUT2D eigenvalue weighted by Gasteiger charge is -2.34. The Morgan fingerprint density at radius 2 is 1.88 bits per heavy atom. The first-order valence-electron chi connectivity index (χ1n) is 6.59. The Kier molecular flexibility index (Phi) is 3.84. The van der Waals surface area contributed by atoms with Gasteiger partial charge in [-0.3, -0.25) is 4.68 Å². The number of aryl methyl sites for hydroxylation is 1. The van der Waals surface area contributed by atoms with Crippen molar-refractivity contribution in [2.45, 2.75) is 56.6 Å². The minimum atomic E-state index is -0.769. The molecule has 1 aromatic rings. The fraction of sp³-hybridized carbons (Fsp3) is 0.769. The fourth-order valence-electron chi connectivity index (χ4n) is 2.70. The van der Waals surface area contributed by atoms with Crippen molar-refractivity contribution in [1.29, 1.82) is 0 Å². The Balaban J connectivity index is 2.11. The van der Waals surface area contributed by atoms with Gasteiger partial charge < -0.3 is 10.8 Å². The third-order valence-corrected chi connectivity index (χ3v) is 3.85. The zero-order chi connectivity index (χ0) is 12.3. The SMILES string of the molecule is Cn1ccc(C(N)C2(O)CCCCCCC2)n1. The molecular weight excluding hydrogens is 214 g/mol. The lowest BCUT2D eigenvalue weighted by molar-refractivity contribution is -0.0122. The van der Waals surface area contributed by atoms with Crippen LogP contribution in [0, 0.1) is 0 Å². The molecule has 1 atom stereocenters. The average Bonchev–Trinajstić information content (AvgIpc) is 2.69. The number of nitrogens with zero attached hydrogens (tertiary/aromatic N) is 2. The summed E-state index contributed by atoms with van der Waals surface area (Å²) in [6, 6.07) is 1.54. The second kappa shape index (κ2) is 5.19. The second-order valence-electron chi connectivity index (χ2n) is 5.26. The summed E-state index contributed by atoms with van der Waals surface area (Å²) in [4.78, 5) is 0. The maximum Gasteiger partial charge on any atom is 0.0855 e. The number of nitrogens with two attached hydrogens (primary N) is 1. The van der Waals surface area contributed by atoms with Gasteiger partial charge in [0.2, 0.25) is 0 Å². The van der Waals surface area contributed by atoms with Crippen molar-refractivity contribution in [3.8, 4) is 0 Å². The maximum absolute atomic E-state index is 10.7. The van der Waals surface area contributed by atoms with Gasteiger partial charge in [0.05, 0.1) is 17.3 Å². The Morgan fingerprint density at radius 1 is 1.29 bits per heavy atom. The first kappa shape index (κ1) is 12.6. The molecule has 0 aromatic carbocycles. The molecule has 1 saturated carbocycles. The number of aliphatic hydroxyl groups is 1. The standard InChI is InChI=1S/C13H23N3O/c1-16-10-7-11(15-16)12(14)13(17)8-5-3-2-4-6-9-13/h7,10,12,17H,2-6,8-9,14H2,1H3. The van der Waals surface area contributed by atoms with E-state index in [4.69, 9.17) is 5.73 Å². The molecule has 0 bridgehead atoms. The third kappa shape index (κ3) is 2.87. The quantitative estimate of drug-likeness (QED) is 0.825. The summed E-state index contributed by atoms with van der Waals surface area (Å²) in [5.41, 5.74) is 6.24. The average molecular weight is 237 g/mol. The first-order chi connectivity index (χ1) is 8.12. The molecule has 0 spiro atoms. The Bertz CT molecular complexity index is 353. The van der Waals surface area contributed by atoms with Crippen LogP contribution in [0.1, 0.15) is 56.7 Å². The van der Waals surface area contributed by atoms with Crippen LogP contribution in [0.3, 0.4) is 0 Å². The Hall–Kier alpha value is -0.870. The highest BCUT2D eigenvalue weighted by atomic mass is 16.3. The van der Waals surface area contributed by atoms with Crippen LogP contribution < -0.4 is 5.73 Å². The highest BCUT2D eigenvalue weighted by molar-refractivity contribution is 5.11. The molecule has 96 valence electrons. The van der Waals surface area contributed by atoms with Gasteiger partial charge in [-0.2, -0.15) is 5.10 Å². The molecule has 1 aromatic heterocycles. The molecule has 0 aliphatic heterocycles. The molecule has 1 fully saturated rings. The minimum Gasteiger partial charge on any atom is -0.388 e. The number of hydrogen-bond donors (Lipinski definition) is 2. The monoisotopic (exact) mass is 237 g/mol. The van der Waals surface area contributed by atoms with Gasteiger partial charge in [-0.1, -0.05) is 32.1 Å². The molecule has 4 heteroatoms. The van der Waals surface area contributed by atoms with Gasteiger partial charge >= 0.3 is 0 Å². The van der Waals surface area contributed by atoms with Crippen LogP contribution in [0.15, 0.2) is 12.3 Å². The maximum atomic E-state index is 10.7. The lowest BCUT2D eigenvalue weighted by atomic mass is 9.80. The van der Waals surface area contributed by atoms with Gasteiger partial charge in [0.25, 0.3) is 0 Å². The number of aromatic nitrogens is 2.